The Morgan fingerprint density at radius 1 is 1.00 bits per heavy atom. The quantitative estimate of drug-likeness (QED) is 0.768. The van der Waals surface area contributed by atoms with Gasteiger partial charge in [0.2, 0.25) is 0 Å². The smallest absolute Gasteiger partial charge is 0.123 e. The fourth-order valence-electron chi connectivity index (χ4n) is 2.13. The Labute approximate surface area is 114 Å². The number of benzene rings is 2. The first-order chi connectivity index (χ1) is 9.25. The average Bonchev–Trinajstić information content (AvgIpc) is 2.45. The average molecular weight is 257 g/mol. The first-order valence-electron chi connectivity index (χ1n) is 6.78. The van der Waals surface area contributed by atoms with Crippen molar-refractivity contribution in [3.05, 3.63) is 71.5 Å². The van der Waals surface area contributed by atoms with Gasteiger partial charge in [-0.05, 0) is 49.6 Å². The summed E-state index contributed by atoms with van der Waals surface area (Å²) in [5, 5.41) is 3.47. The predicted octanol–water partition coefficient (Wildman–Crippen LogP) is 4.11. The topological polar surface area (TPSA) is 12.0 Å². The van der Waals surface area contributed by atoms with E-state index in [0.717, 1.165) is 24.9 Å². The van der Waals surface area contributed by atoms with E-state index < -0.39 is 0 Å². The van der Waals surface area contributed by atoms with E-state index in [4.69, 9.17) is 0 Å². The summed E-state index contributed by atoms with van der Waals surface area (Å²) in [6.07, 6.45) is 2.19. The molecule has 0 unspecified atom stereocenters. The summed E-state index contributed by atoms with van der Waals surface area (Å²) in [4.78, 5) is 0. The number of halogens is 1. The molecule has 2 heteroatoms. The minimum absolute atomic E-state index is 0.181. The van der Waals surface area contributed by atoms with Crippen molar-refractivity contribution in [1.29, 1.82) is 0 Å². The van der Waals surface area contributed by atoms with Gasteiger partial charge in [0.1, 0.15) is 5.82 Å². The van der Waals surface area contributed by atoms with Crippen LogP contribution in [0.25, 0.3) is 0 Å². The second-order valence-corrected chi connectivity index (χ2v) is 4.82. The fourth-order valence-corrected chi connectivity index (χ4v) is 2.13. The molecule has 0 aliphatic carbocycles. The van der Waals surface area contributed by atoms with Crippen LogP contribution in [-0.2, 0) is 6.42 Å². The summed E-state index contributed by atoms with van der Waals surface area (Å²) < 4.78 is 12.8. The van der Waals surface area contributed by atoms with Crippen molar-refractivity contribution in [3.63, 3.8) is 0 Å². The van der Waals surface area contributed by atoms with Crippen molar-refractivity contribution < 1.29 is 4.39 Å². The summed E-state index contributed by atoms with van der Waals surface area (Å²) in [5.74, 6) is -0.181. The van der Waals surface area contributed by atoms with Crippen LogP contribution in [0, 0.1) is 5.82 Å². The zero-order valence-corrected chi connectivity index (χ0v) is 11.3. The maximum absolute atomic E-state index is 12.8. The maximum atomic E-state index is 12.8. The zero-order valence-electron chi connectivity index (χ0n) is 11.3. The molecule has 0 fully saturated rings. The van der Waals surface area contributed by atoms with Gasteiger partial charge in [-0.25, -0.2) is 4.39 Å². The molecule has 2 aromatic rings. The standard InChI is InChI=1S/C17H20FN/c1-14(16-9-11-17(18)12-10-16)19-13-5-8-15-6-3-2-4-7-15/h2-4,6-7,9-12,14,19H,5,8,13H2,1H3/t14-/m0/s1. The molecule has 1 N–H and O–H groups in total. The SMILES string of the molecule is C[C@H](NCCCc1ccccc1)c1ccc(F)cc1. The van der Waals surface area contributed by atoms with E-state index in [1.165, 1.54) is 17.7 Å². The van der Waals surface area contributed by atoms with Crippen LogP contribution in [-0.4, -0.2) is 6.54 Å². The monoisotopic (exact) mass is 257 g/mol. The molecule has 0 bridgehead atoms. The highest BCUT2D eigenvalue weighted by molar-refractivity contribution is 5.19. The third-order valence-corrected chi connectivity index (χ3v) is 3.31. The van der Waals surface area contributed by atoms with Crippen molar-refractivity contribution in [2.75, 3.05) is 6.54 Å². The Bertz CT molecular complexity index is 478. The second kappa shape index (κ2) is 7.05. The molecular weight excluding hydrogens is 237 g/mol. The summed E-state index contributed by atoms with van der Waals surface area (Å²) >= 11 is 0. The van der Waals surface area contributed by atoms with E-state index in [1.54, 1.807) is 0 Å². The third-order valence-electron chi connectivity index (χ3n) is 3.31. The molecule has 0 spiro atoms. The molecule has 0 amide bonds. The van der Waals surface area contributed by atoms with E-state index in [-0.39, 0.29) is 11.9 Å². The highest BCUT2D eigenvalue weighted by Gasteiger charge is 2.04. The van der Waals surface area contributed by atoms with E-state index in [9.17, 15) is 4.39 Å². The van der Waals surface area contributed by atoms with Gasteiger partial charge >= 0.3 is 0 Å². The summed E-state index contributed by atoms with van der Waals surface area (Å²) in [5.41, 5.74) is 2.50. The lowest BCUT2D eigenvalue weighted by molar-refractivity contribution is 0.556. The van der Waals surface area contributed by atoms with E-state index in [0.29, 0.717) is 0 Å². The molecule has 1 nitrogen and oxygen atoms in total. The number of rotatable bonds is 6. The van der Waals surface area contributed by atoms with Crippen LogP contribution in [0.5, 0.6) is 0 Å². The molecule has 0 aliphatic heterocycles. The molecule has 100 valence electrons. The maximum Gasteiger partial charge on any atom is 0.123 e. The van der Waals surface area contributed by atoms with Crippen molar-refractivity contribution >= 4 is 0 Å². The highest BCUT2D eigenvalue weighted by Crippen LogP contribution is 2.12. The van der Waals surface area contributed by atoms with Crippen LogP contribution in [0.4, 0.5) is 4.39 Å². The van der Waals surface area contributed by atoms with Crippen LogP contribution in [0.1, 0.15) is 30.5 Å². The van der Waals surface area contributed by atoms with Gasteiger partial charge < -0.3 is 5.32 Å². The van der Waals surface area contributed by atoms with Crippen LogP contribution in [0.2, 0.25) is 0 Å². The molecule has 1 atom stereocenters. The summed E-state index contributed by atoms with van der Waals surface area (Å²) in [6.45, 7) is 3.07. The lowest BCUT2D eigenvalue weighted by Crippen LogP contribution is -2.20. The largest absolute Gasteiger partial charge is 0.310 e. The third kappa shape index (κ3) is 4.49. The Morgan fingerprint density at radius 2 is 1.68 bits per heavy atom. The fraction of sp³-hybridized carbons (Fsp3) is 0.294. The molecule has 0 aromatic heterocycles. The molecular formula is C17H20FN. The molecule has 2 aromatic carbocycles. The van der Waals surface area contributed by atoms with Gasteiger partial charge in [0.05, 0.1) is 0 Å². The van der Waals surface area contributed by atoms with Gasteiger partial charge in [-0.3, -0.25) is 0 Å². The van der Waals surface area contributed by atoms with E-state index >= 15 is 0 Å². The Morgan fingerprint density at radius 3 is 2.37 bits per heavy atom. The van der Waals surface area contributed by atoms with Crippen LogP contribution in [0.3, 0.4) is 0 Å². The van der Waals surface area contributed by atoms with Gasteiger partial charge in [0.25, 0.3) is 0 Å². The Hall–Kier alpha value is -1.67. The van der Waals surface area contributed by atoms with E-state index in [1.807, 2.05) is 18.2 Å². The van der Waals surface area contributed by atoms with Gasteiger partial charge in [-0.2, -0.15) is 0 Å². The number of hydrogen-bond donors (Lipinski definition) is 1. The minimum Gasteiger partial charge on any atom is -0.310 e. The Kier molecular flexibility index (Phi) is 5.10. The zero-order chi connectivity index (χ0) is 13.5. The molecule has 0 saturated carbocycles. The van der Waals surface area contributed by atoms with Crippen LogP contribution >= 0.6 is 0 Å². The minimum atomic E-state index is -0.181. The van der Waals surface area contributed by atoms with Gasteiger partial charge in [0, 0.05) is 6.04 Å². The lowest BCUT2D eigenvalue weighted by Gasteiger charge is -2.14. The van der Waals surface area contributed by atoms with Crippen molar-refractivity contribution in [2.24, 2.45) is 0 Å². The van der Waals surface area contributed by atoms with Crippen LogP contribution < -0.4 is 5.32 Å². The number of aryl methyl sites for hydroxylation is 1. The first kappa shape index (κ1) is 13.8. The highest BCUT2D eigenvalue weighted by atomic mass is 19.1. The van der Waals surface area contributed by atoms with Crippen molar-refractivity contribution in [1.82, 2.24) is 5.32 Å². The molecule has 0 aliphatic rings. The number of nitrogens with one attached hydrogen (secondary N) is 1. The second-order valence-electron chi connectivity index (χ2n) is 4.82. The van der Waals surface area contributed by atoms with Crippen molar-refractivity contribution in [2.45, 2.75) is 25.8 Å². The Balaban J connectivity index is 1.72. The normalized spacial score (nSPS) is 12.3. The lowest BCUT2D eigenvalue weighted by atomic mass is 10.1. The van der Waals surface area contributed by atoms with Gasteiger partial charge in [-0.1, -0.05) is 42.5 Å². The number of hydrogen-bond acceptors (Lipinski definition) is 1. The molecule has 19 heavy (non-hydrogen) atoms. The molecule has 0 saturated heterocycles. The summed E-state index contributed by atoms with van der Waals surface area (Å²) in [7, 11) is 0. The van der Waals surface area contributed by atoms with Gasteiger partial charge in [0.15, 0.2) is 0 Å². The first-order valence-corrected chi connectivity index (χ1v) is 6.78. The summed E-state index contributed by atoms with van der Waals surface area (Å²) in [6, 6.07) is 17.5. The molecule has 2 rings (SSSR count). The predicted molar refractivity (Wildman–Crippen MR) is 77.6 cm³/mol. The molecule has 0 heterocycles. The van der Waals surface area contributed by atoms with Crippen LogP contribution in [0.15, 0.2) is 54.6 Å². The molecule has 0 radical (unpaired) electrons. The van der Waals surface area contributed by atoms with E-state index in [2.05, 4.69) is 36.5 Å². The van der Waals surface area contributed by atoms with Crippen molar-refractivity contribution in [3.8, 4) is 0 Å². The van der Waals surface area contributed by atoms with Gasteiger partial charge in [-0.15, -0.1) is 0 Å².